The summed E-state index contributed by atoms with van der Waals surface area (Å²) in [5.41, 5.74) is 0.372. The predicted octanol–water partition coefficient (Wildman–Crippen LogP) is 2.41. The number of halogens is 1. The molecule has 4 nitrogen and oxygen atoms in total. The van der Waals surface area contributed by atoms with Crippen LogP contribution >= 0.6 is 0 Å². The maximum Gasteiger partial charge on any atom is 0.318 e. The van der Waals surface area contributed by atoms with E-state index in [1.807, 2.05) is 18.7 Å². The number of amides is 2. The summed E-state index contributed by atoms with van der Waals surface area (Å²) in [6.07, 6.45) is 0. The van der Waals surface area contributed by atoms with Crippen LogP contribution in [0.2, 0.25) is 0 Å². The molecule has 0 radical (unpaired) electrons. The van der Waals surface area contributed by atoms with Crippen LogP contribution in [0.4, 0.5) is 9.18 Å². The maximum absolute atomic E-state index is 13.0. The molecule has 0 aliphatic carbocycles. The Bertz CT molecular complexity index is 479. The average molecular weight is 293 g/mol. The van der Waals surface area contributed by atoms with Crippen LogP contribution in [-0.2, 0) is 5.54 Å². The van der Waals surface area contributed by atoms with Crippen molar-refractivity contribution >= 4 is 6.03 Å². The summed E-state index contributed by atoms with van der Waals surface area (Å²) in [6.45, 7) is 10.4. The minimum atomic E-state index is -0.521. The van der Waals surface area contributed by atoms with Gasteiger partial charge in [-0.1, -0.05) is 19.1 Å². The zero-order valence-electron chi connectivity index (χ0n) is 13.0. The Morgan fingerprint density at radius 1 is 1.19 bits per heavy atom. The molecule has 1 aromatic rings. The molecular weight excluding hydrogens is 269 g/mol. The number of nitrogens with zero attached hydrogens (tertiary/aromatic N) is 2. The Balaban J connectivity index is 1.96. The van der Waals surface area contributed by atoms with Crippen molar-refractivity contribution < 1.29 is 9.18 Å². The number of urea groups is 1. The Morgan fingerprint density at radius 2 is 1.76 bits per heavy atom. The molecule has 116 valence electrons. The SMILES string of the molecule is CCN1CCN(C(=O)NC(C)(C)c2ccc(F)cc2)CC1. The van der Waals surface area contributed by atoms with Gasteiger partial charge in [-0.2, -0.15) is 0 Å². The first-order valence-electron chi connectivity index (χ1n) is 7.48. The van der Waals surface area contributed by atoms with Crippen LogP contribution in [0.5, 0.6) is 0 Å². The quantitative estimate of drug-likeness (QED) is 0.929. The van der Waals surface area contributed by atoms with Gasteiger partial charge in [0, 0.05) is 26.2 Å². The Labute approximate surface area is 125 Å². The van der Waals surface area contributed by atoms with E-state index < -0.39 is 5.54 Å². The van der Waals surface area contributed by atoms with E-state index in [4.69, 9.17) is 0 Å². The molecule has 0 bridgehead atoms. The number of benzene rings is 1. The average Bonchev–Trinajstić information content (AvgIpc) is 2.47. The third kappa shape index (κ3) is 3.94. The normalized spacial score (nSPS) is 16.9. The first-order valence-corrected chi connectivity index (χ1v) is 7.48. The number of likely N-dealkylation sites (N-methyl/N-ethyl adjacent to an activating group) is 1. The minimum absolute atomic E-state index is 0.0555. The third-order valence-corrected chi connectivity index (χ3v) is 4.09. The monoisotopic (exact) mass is 293 g/mol. The highest BCUT2D eigenvalue weighted by Crippen LogP contribution is 2.20. The van der Waals surface area contributed by atoms with E-state index in [1.165, 1.54) is 12.1 Å². The summed E-state index contributed by atoms with van der Waals surface area (Å²) in [5, 5.41) is 3.04. The van der Waals surface area contributed by atoms with E-state index in [-0.39, 0.29) is 11.8 Å². The summed E-state index contributed by atoms with van der Waals surface area (Å²) in [6, 6.07) is 6.21. The fourth-order valence-corrected chi connectivity index (χ4v) is 2.55. The molecule has 1 saturated heterocycles. The number of hydrogen-bond donors (Lipinski definition) is 1. The van der Waals surface area contributed by atoms with Crippen LogP contribution < -0.4 is 5.32 Å². The molecule has 0 aromatic heterocycles. The van der Waals surface area contributed by atoms with Gasteiger partial charge >= 0.3 is 6.03 Å². The first kappa shape index (κ1) is 15.8. The van der Waals surface area contributed by atoms with Crippen molar-refractivity contribution in [2.24, 2.45) is 0 Å². The van der Waals surface area contributed by atoms with Gasteiger partial charge in [0.15, 0.2) is 0 Å². The fraction of sp³-hybridized carbons (Fsp3) is 0.562. The lowest BCUT2D eigenvalue weighted by Gasteiger charge is -2.36. The molecule has 1 aliphatic heterocycles. The molecule has 2 rings (SSSR count). The number of carbonyl (C=O) groups excluding carboxylic acids is 1. The van der Waals surface area contributed by atoms with E-state index in [0.29, 0.717) is 0 Å². The number of carbonyl (C=O) groups is 1. The molecule has 0 spiro atoms. The molecule has 5 heteroatoms. The molecule has 21 heavy (non-hydrogen) atoms. The molecule has 1 N–H and O–H groups in total. The number of piperazine rings is 1. The van der Waals surface area contributed by atoms with E-state index in [0.717, 1.165) is 38.3 Å². The van der Waals surface area contributed by atoms with Gasteiger partial charge in [-0.25, -0.2) is 9.18 Å². The molecule has 1 heterocycles. The van der Waals surface area contributed by atoms with Crippen molar-refractivity contribution in [3.05, 3.63) is 35.6 Å². The lowest BCUT2D eigenvalue weighted by atomic mass is 9.94. The highest BCUT2D eigenvalue weighted by molar-refractivity contribution is 5.75. The molecule has 1 aliphatic rings. The van der Waals surface area contributed by atoms with Gasteiger partial charge in [-0.3, -0.25) is 0 Å². The second-order valence-electron chi connectivity index (χ2n) is 5.98. The van der Waals surface area contributed by atoms with Crippen LogP contribution in [-0.4, -0.2) is 48.6 Å². The molecule has 1 aromatic carbocycles. The summed E-state index contributed by atoms with van der Waals surface area (Å²) in [5.74, 6) is -0.267. The van der Waals surface area contributed by atoms with Crippen molar-refractivity contribution in [1.29, 1.82) is 0 Å². The van der Waals surface area contributed by atoms with Crippen molar-refractivity contribution in [2.45, 2.75) is 26.3 Å². The van der Waals surface area contributed by atoms with E-state index >= 15 is 0 Å². The van der Waals surface area contributed by atoms with Gasteiger partial charge in [0.25, 0.3) is 0 Å². The van der Waals surface area contributed by atoms with E-state index in [9.17, 15) is 9.18 Å². The first-order chi connectivity index (χ1) is 9.92. The summed E-state index contributed by atoms with van der Waals surface area (Å²) in [7, 11) is 0. The second kappa shape index (κ2) is 6.43. The molecular formula is C16H24FN3O. The lowest BCUT2D eigenvalue weighted by molar-refractivity contribution is 0.137. The van der Waals surface area contributed by atoms with Gasteiger partial charge in [-0.05, 0) is 38.1 Å². The Kier molecular flexibility index (Phi) is 4.83. The highest BCUT2D eigenvalue weighted by atomic mass is 19.1. The van der Waals surface area contributed by atoms with Crippen molar-refractivity contribution in [3.63, 3.8) is 0 Å². The topological polar surface area (TPSA) is 35.6 Å². The van der Waals surface area contributed by atoms with Gasteiger partial charge in [0.05, 0.1) is 5.54 Å². The standard InChI is InChI=1S/C16H24FN3O/c1-4-19-9-11-20(12-10-19)15(21)18-16(2,3)13-5-7-14(17)8-6-13/h5-8H,4,9-12H2,1-3H3,(H,18,21). The Morgan fingerprint density at radius 3 is 2.29 bits per heavy atom. The van der Waals surface area contributed by atoms with Crippen LogP contribution in [0.15, 0.2) is 24.3 Å². The van der Waals surface area contributed by atoms with E-state index in [2.05, 4.69) is 17.1 Å². The largest absolute Gasteiger partial charge is 0.329 e. The zero-order chi connectivity index (χ0) is 15.5. The smallest absolute Gasteiger partial charge is 0.318 e. The number of rotatable bonds is 3. The van der Waals surface area contributed by atoms with Crippen LogP contribution in [0.1, 0.15) is 26.3 Å². The van der Waals surface area contributed by atoms with Gasteiger partial charge in [0.2, 0.25) is 0 Å². The summed E-state index contributed by atoms with van der Waals surface area (Å²) in [4.78, 5) is 16.5. The summed E-state index contributed by atoms with van der Waals surface area (Å²) < 4.78 is 13.0. The zero-order valence-corrected chi connectivity index (χ0v) is 13.0. The van der Waals surface area contributed by atoms with Gasteiger partial charge in [-0.15, -0.1) is 0 Å². The van der Waals surface area contributed by atoms with E-state index in [1.54, 1.807) is 12.1 Å². The number of hydrogen-bond acceptors (Lipinski definition) is 2. The van der Waals surface area contributed by atoms with Crippen molar-refractivity contribution in [3.8, 4) is 0 Å². The molecule has 0 atom stereocenters. The van der Waals surface area contributed by atoms with Gasteiger partial charge in [0.1, 0.15) is 5.82 Å². The molecule has 1 fully saturated rings. The Hall–Kier alpha value is -1.62. The second-order valence-corrected chi connectivity index (χ2v) is 5.98. The predicted molar refractivity (Wildman–Crippen MR) is 81.6 cm³/mol. The van der Waals surface area contributed by atoms with Gasteiger partial charge < -0.3 is 15.1 Å². The molecule has 0 saturated carbocycles. The summed E-state index contributed by atoms with van der Waals surface area (Å²) >= 11 is 0. The van der Waals surface area contributed by atoms with Crippen molar-refractivity contribution in [1.82, 2.24) is 15.1 Å². The fourth-order valence-electron chi connectivity index (χ4n) is 2.55. The maximum atomic E-state index is 13.0. The van der Waals surface area contributed by atoms with Crippen LogP contribution in [0, 0.1) is 5.82 Å². The van der Waals surface area contributed by atoms with Crippen molar-refractivity contribution in [2.75, 3.05) is 32.7 Å². The third-order valence-electron chi connectivity index (χ3n) is 4.09. The lowest BCUT2D eigenvalue weighted by Crippen LogP contribution is -2.54. The molecule has 0 unspecified atom stereocenters. The van der Waals surface area contributed by atoms with Crippen LogP contribution in [0.3, 0.4) is 0 Å². The number of nitrogens with one attached hydrogen (secondary N) is 1. The van der Waals surface area contributed by atoms with Crippen LogP contribution in [0.25, 0.3) is 0 Å². The molecule has 2 amide bonds. The minimum Gasteiger partial charge on any atom is -0.329 e. The highest BCUT2D eigenvalue weighted by Gasteiger charge is 2.27.